The standard InChI is InChI=1S/C31H40N4O8S/c1-21-6-12-25(13-7-21)44(40,41)35-20-23(36)19-27(35)28(37)32-26(29(38)43-31(2,3)4)18-22-8-10-24(11-9-22)42-30(39)34-16-14-33(5)15-17-34/h6-13,26-27H,14-20H2,1-5H3,(H,32,37)/t26-,27-/m0/s1. The lowest BCUT2D eigenvalue weighted by atomic mass is 10.0. The second kappa shape index (κ2) is 13.4. The van der Waals surface area contributed by atoms with Crippen molar-refractivity contribution in [2.45, 2.75) is 63.1 Å². The molecule has 0 saturated carbocycles. The van der Waals surface area contributed by atoms with E-state index in [-0.39, 0.29) is 17.7 Å². The van der Waals surface area contributed by atoms with E-state index in [1.807, 2.05) is 14.0 Å². The molecular formula is C31H40N4O8S. The van der Waals surface area contributed by atoms with E-state index >= 15 is 0 Å². The van der Waals surface area contributed by atoms with Gasteiger partial charge in [-0.3, -0.25) is 9.59 Å². The van der Waals surface area contributed by atoms with E-state index < -0.39 is 58.0 Å². The Kier molecular flexibility index (Phi) is 10.1. The lowest BCUT2D eigenvalue weighted by molar-refractivity contribution is -0.158. The van der Waals surface area contributed by atoms with E-state index in [0.717, 1.165) is 23.0 Å². The van der Waals surface area contributed by atoms with Gasteiger partial charge in [-0.25, -0.2) is 18.0 Å². The third kappa shape index (κ3) is 8.42. The first kappa shape index (κ1) is 33.1. The summed E-state index contributed by atoms with van der Waals surface area (Å²) in [6, 6.07) is 10.2. The maximum Gasteiger partial charge on any atom is 0.415 e. The number of hydrogen-bond donors (Lipinski definition) is 1. The van der Waals surface area contributed by atoms with Crippen molar-refractivity contribution in [2.75, 3.05) is 39.8 Å². The molecule has 0 radical (unpaired) electrons. The number of aryl methyl sites for hydroxylation is 1. The summed E-state index contributed by atoms with van der Waals surface area (Å²) < 4.78 is 38.7. The Morgan fingerprint density at radius 2 is 1.59 bits per heavy atom. The molecule has 0 aromatic heterocycles. The summed E-state index contributed by atoms with van der Waals surface area (Å²) in [5.74, 6) is -1.57. The second-order valence-electron chi connectivity index (χ2n) is 12.2. The highest BCUT2D eigenvalue weighted by atomic mass is 32.2. The number of sulfonamides is 1. The summed E-state index contributed by atoms with van der Waals surface area (Å²) in [5.41, 5.74) is 0.635. The Hall–Kier alpha value is -3.81. The summed E-state index contributed by atoms with van der Waals surface area (Å²) in [4.78, 5) is 55.4. The molecule has 44 heavy (non-hydrogen) atoms. The normalized spacial score (nSPS) is 19.0. The first-order valence-corrected chi connectivity index (χ1v) is 15.9. The minimum Gasteiger partial charge on any atom is -0.458 e. The Balaban J connectivity index is 1.48. The number of benzene rings is 2. The molecule has 0 spiro atoms. The minimum absolute atomic E-state index is 0.0126. The molecule has 12 nitrogen and oxygen atoms in total. The molecule has 0 aliphatic carbocycles. The number of likely N-dealkylation sites (N-methyl/N-ethyl adjacent to an activating group) is 1. The lowest BCUT2D eigenvalue weighted by Gasteiger charge is -2.31. The molecule has 238 valence electrons. The number of nitrogens with one attached hydrogen (secondary N) is 1. The Morgan fingerprint density at radius 1 is 0.977 bits per heavy atom. The summed E-state index contributed by atoms with van der Waals surface area (Å²) >= 11 is 0. The van der Waals surface area contributed by atoms with Crippen LogP contribution in [0.15, 0.2) is 53.4 Å². The van der Waals surface area contributed by atoms with Crippen LogP contribution in [0.3, 0.4) is 0 Å². The predicted molar refractivity (Wildman–Crippen MR) is 161 cm³/mol. The van der Waals surface area contributed by atoms with Crippen LogP contribution in [-0.2, 0) is 35.6 Å². The summed E-state index contributed by atoms with van der Waals surface area (Å²) in [5, 5.41) is 2.64. The number of carbonyl (C=O) groups is 4. The Morgan fingerprint density at radius 3 is 2.18 bits per heavy atom. The van der Waals surface area contributed by atoms with Crippen molar-refractivity contribution in [3.05, 3.63) is 59.7 Å². The maximum absolute atomic E-state index is 13.5. The third-order valence-corrected chi connectivity index (χ3v) is 9.24. The van der Waals surface area contributed by atoms with Gasteiger partial charge in [-0.2, -0.15) is 4.31 Å². The van der Waals surface area contributed by atoms with E-state index in [0.29, 0.717) is 24.4 Å². The average molecular weight is 629 g/mol. The molecule has 2 fully saturated rings. The third-order valence-electron chi connectivity index (χ3n) is 7.37. The van der Waals surface area contributed by atoms with Crippen molar-refractivity contribution < 1.29 is 37.1 Å². The summed E-state index contributed by atoms with van der Waals surface area (Å²) in [6.07, 6.45) is -0.745. The van der Waals surface area contributed by atoms with Gasteiger partial charge in [0.15, 0.2) is 0 Å². The Bertz CT molecular complexity index is 1480. The van der Waals surface area contributed by atoms with Crippen molar-refractivity contribution >= 4 is 33.8 Å². The van der Waals surface area contributed by atoms with Crippen molar-refractivity contribution in [3.8, 4) is 5.75 Å². The number of carbonyl (C=O) groups excluding carboxylic acids is 4. The van der Waals surface area contributed by atoms with Gasteiger partial charge in [-0.15, -0.1) is 0 Å². The molecule has 1 N–H and O–H groups in total. The molecule has 0 bridgehead atoms. The predicted octanol–water partition coefficient (Wildman–Crippen LogP) is 2.14. The molecule has 4 rings (SSSR count). The largest absolute Gasteiger partial charge is 0.458 e. The van der Waals surface area contributed by atoms with Gasteiger partial charge in [0.2, 0.25) is 15.9 Å². The molecule has 2 aliphatic rings. The van der Waals surface area contributed by atoms with E-state index in [1.54, 1.807) is 62.1 Å². The van der Waals surface area contributed by atoms with Gasteiger partial charge in [0.05, 0.1) is 11.4 Å². The molecule has 2 heterocycles. The number of esters is 1. The van der Waals surface area contributed by atoms with Crippen LogP contribution in [0.4, 0.5) is 4.79 Å². The number of ketones is 1. The molecule has 2 aliphatic heterocycles. The molecule has 2 saturated heterocycles. The lowest BCUT2D eigenvalue weighted by Crippen LogP contribution is -2.52. The van der Waals surface area contributed by atoms with Crippen LogP contribution < -0.4 is 10.1 Å². The van der Waals surface area contributed by atoms with Crippen LogP contribution in [0, 0.1) is 6.92 Å². The summed E-state index contributed by atoms with van der Waals surface area (Å²) in [6.45, 7) is 9.11. The van der Waals surface area contributed by atoms with Gasteiger partial charge in [-0.1, -0.05) is 29.8 Å². The van der Waals surface area contributed by atoms with Crippen LogP contribution in [-0.4, -0.2) is 104 Å². The zero-order chi connectivity index (χ0) is 32.2. The number of rotatable bonds is 8. The van der Waals surface area contributed by atoms with Crippen LogP contribution in [0.5, 0.6) is 5.75 Å². The molecule has 2 aromatic carbocycles. The highest BCUT2D eigenvalue weighted by molar-refractivity contribution is 7.89. The minimum atomic E-state index is -4.16. The Labute approximate surface area is 258 Å². The molecule has 2 amide bonds. The summed E-state index contributed by atoms with van der Waals surface area (Å²) in [7, 11) is -2.17. The zero-order valence-electron chi connectivity index (χ0n) is 25.7. The average Bonchev–Trinajstić information content (AvgIpc) is 3.36. The molecule has 0 unspecified atom stereocenters. The SMILES string of the molecule is Cc1ccc(S(=O)(=O)N2CC(=O)C[C@H]2C(=O)N[C@@H](Cc2ccc(OC(=O)N3CCN(C)CC3)cc2)C(=O)OC(C)(C)C)cc1. The van der Waals surface area contributed by atoms with Crippen LogP contribution >= 0.6 is 0 Å². The zero-order valence-corrected chi connectivity index (χ0v) is 26.6. The fourth-order valence-corrected chi connectivity index (χ4v) is 6.48. The smallest absolute Gasteiger partial charge is 0.415 e. The molecule has 2 atom stereocenters. The monoisotopic (exact) mass is 628 g/mol. The van der Waals surface area contributed by atoms with Gasteiger partial charge in [-0.05, 0) is 64.6 Å². The van der Waals surface area contributed by atoms with E-state index in [2.05, 4.69) is 10.2 Å². The molecule has 2 aromatic rings. The number of piperazine rings is 1. The van der Waals surface area contributed by atoms with Crippen molar-refractivity contribution in [3.63, 3.8) is 0 Å². The fraction of sp³-hybridized carbons (Fsp3) is 0.484. The van der Waals surface area contributed by atoms with E-state index in [1.165, 1.54) is 12.1 Å². The van der Waals surface area contributed by atoms with Gasteiger partial charge >= 0.3 is 12.1 Å². The van der Waals surface area contributed by atoms with Gasteiger partial charge in [0.1, 0.15) is 29.2 Å². The number of ether oxygens (including phenoxy) is 2. The number of nitrogens with zero attached hydrogens (tertiary/aromatic N) is 3. The quantitative estimate of drug-likeness (QED) is 0.435. The molecule has 13 heteroatoms. The van der Waals surface area contributed by atoms with Crippen LogP contribution in [0.2, 0.25) is 0 Å². The van der Waals surface area contributed by atoms with E-state index in [9.17, 15) is 27.6 Å². The van der Waals surface area contributed by atoms with Gasteiger partial charge in [0.25, 0.3) is 0 Å². The van der Waals surface area contributed by atoms with E-state index in [4.69, 9.17) is 9.47 Å². The van der Waals surface area contributed by atoms with Crippen LogP contribution in [0.25, 0.3) is 0 Å². The number of Topliss-reactive ketones (excluding diaryl/α,β-unsaturated/α-hetero) is 1. The highest BCUT2D eigenvalue weighted by Crippen LogP contribution is 2.26. The van der Waals surface area contributed by atoms with Crippen molar-refractivity contribution in [2.24, 2.45) is 0 Å². The van der Waals surface area contributed by atoms with Gasteiger partial charge < -0.3 is 24.6 Å². The van der Waals surface area contributed by atoms with Crippen molar-refractivity contribution in [1.82, 2.24) is 19.4 Å². The van der Waals surface area contributed by atoms with Crippen LogP contribution in [0.1, 0.15) is 38.3 Å². The fourth-order valence-electron chi connectivity index (χ4n) is 4.91. The van der Waals surface area contributed by atoms with Crippen molar-refractivity contribution in [1.29, 1.82) is 0 Å². The molecular weight excluding hydrogens is 588 g/mol. The first-order chi connectivity index (χ1) is 20.6. The highest BCUT2D eigenvalue weighted by Gasteiger charge is 2.44. The number of amides is 2. The topological polar surface area (TPSA) is 143 Å². The second-order valence-corrected chi connectivity index (χ2v) is 14.1. The first-order valence-electron chi connectivity index (χ1n) is 14.5. The van der Waals surface area contributed by atoms with Gasteiger partial charge in [0, 0.05) is 39.0 Å². The number of hydrogen-bond acceptors (Lipinski definition) is 9. The maximum atomic E-state index is 13.5.